The van der Waals surface area contributed by atoms with Gasteiger partial charge in [-0.15, -0.1) is 0 Å². The molecule has 0 heterocycles. The Morgan fingerprint density at radius 2 is 1.52 bits per heavy atom. The van der Waals surface area contributed by atoms with Gasteiger partial charge in [-0.25, -0.2) is 0 Å². The molecule has 0 aliphatic rings. The summed E-state index contributed by atoms with van der Waals surface area (Å²) in [6, 6.07) is 10.0. The molecule has 10 heteroatoms. The predicted molar refractivity (Wildman–Crippen MR) is 118 cm³/mol. The van der Waals surface area contributed by atoms with E-state index in [1.807, 2.05) is 0 Å². The second kappa shape index (κ2) is 12.3. The molecule has 0 saturated heterocycles. The molecule has 2 aromatic rings. The molecular weight excluding hydrogens is 483 g/mol. The van der Waals surface area contributed by atoms with Crippen LogP contribution in [0.2, 0.25) is 10.0 Å². The molecule has 0 amide bonds. The Kier molecular flexibility index (Phi) is 10.0. The number of hydrogen-bond donors (Lipinski definition) is 1. The normalized spacial score (nSPS) is 11.1. The van der Waals surface area contributed by atoms with Gasteiger partial charge in [-0.1, -0.05) is 63.2 Å². The van der Waals surface area contributed by atoms with E-state index in [0.717, 1.165) is 0 Å². The van der Waals surface area contributed by atoms with Crippen LogP contribution in [0.5, 0.6) is 17.2 Å². The highest BCUT2D eigenvalue weighted by Gasteiger charge is 2.11. The van der Waals surface area contributed by atoms with Gasteiger partial charge in [0.1, 0.15) is 22.6 Å². The number of ether oxygens (including phenoxy) is 3. The first-order chi connectivity index (χ1) is 13.9. The van der Waals surface area contributed by atoms with E-state index in [9.17, 15) is 0 Å². The fraction of sp³-hybridized carbons (Fsp3) is 0.211. The maximum atomic E-state index is 8.64. The van der Waals surface area contributed by atoms with Crippen LogP contribution < -0.4 is 14.2 Å². The van der Waals surface area contributed by atoms with Gasteiger partial charge >= 0.3 is 0 Å². The molecule has 0 spiro atoms. The summed E-state index contributed by atoms with van der Waals surface area (Å²) in [5.74, 6) is 1.49. The van der Waals surface area contributed by atoms with E-state index in [1.54, 1.807) is 36.4 Å². The zero-order valence-corrected chi connectivity index (χ0v) is 18.7. The van der Waals surface area contributed by atoms with E-state index in [-0.39, 0.29) is 16.3 Å². The topological polar surface area (TPSA) is 60.3 Å². The second-order valence-electron chi connectivity index (χ2n) is 5.49. The summed E-state index contributed by atoms with van der Waals surface area (Å²) in [4.78, 5) is 0. The monoisotopic (exact) mass is 497 g/mol. The highest BCUT2D eigenvalue weighted by atomic mass is 35.5. The highest BCUT2D eigenvalue weighted by molar-refractivity contribution is 6.69. The van der Waals surface area contributed by atoms with Crippen LogP contribution in [0.1, 0.15) is 12.0 Å². The first-order valence-corrected chi connectivity index (χ1v) is 10.2. The van der Waals surface area contributed by atoms with Gasteiger partial charge in [0, 0.05) is 24.1 Å². The third-order valence-electron chi connectivity index (χ3n) is 3.44. The first-order valence-electron chi connectivity index (χ1n) is 8.27. The lowest BCUT2D eigenvalue weighted by molar-refractivity contribution is 0.247. The summed E-state index contributed by atoms with van der Waals surface area (Å²) in [7, 11) is 0. The third kappa shape index (κ3) is 8.03. The van der Waals surface area contributed by atoms with Crippen molar-refractivity contribution >= 4 is 63.2 Å². The smallest absolute Gasteiger partial charge is 0.175 e. The minimum atomic E-state index is 0.00874. The van der Waals surface area contributed by atoms with Crippen LogP contribution in [0.25, 0.3) is 0 Å². The minimum absolute atomic E-state index is 0.00874. The largest absolute Gasteiger partial charge is 0.493 e. The van der Waals surface area contributed by atoms with Crippen LogP contribution in [0.4, 0.5) is 0 Å². The van der Waals surface area contributed by atoms with Crippen molar-refractivity contribution in [1.29, 1.82) is 0 Å². The fourth-order valence-corrected chi connectivity index (χ4v) is 2.96. The van der Waals surface area contributed by atoms with Gasteiger partial charge in [-0.3, -0.25) is 0 Å². The van der Waals surface area contributed by atoms with Crippen molar-refractivity contribution in [1.82, 2.24) is 0 Å². The van der Waals surface area contributed by atoms with Crippen LogP contribution in [-0.2, 0) is 0 Å². The summed E-state index contributed by atoms with van der Waals surface area (Å²) < 4.78 is 16.8. The molecule has 0 fully saturated rings. The van der Waals surface area contributed by atoms with Crippen molar-refractivity contribution < 1.29 is 19.4 Å². The fourth-order valence-electron chi connectivity index (χ4n) is 2.13. The van der Waals surface area contributed by atoms with E-state index in [2.05, 4.69) is 5.16 Å². The van der Waals surface area contributed by atoms with Crippen LogP contribution >= 0.6 is 58.0 Å². The third-order valence-corrected chi connectivity index (χ3v) is 4.61. The minimum Gasteiger partial charge on any atom is -0.493 e. The molecule has 5 nitrogen and oxygen atoms in total. The number of hydrogen-bond acceptors (Lipinski definition) is 5. The lowest BCUT2D eigenvalue weighted by atomic mass is 10.2. The molecule has 2 rings (SSSR count). The number of benzene rings is 2. The lowest BCUT2D eigenvalue weighted by Crippen LogP contribution is -2.06. The Hall–Kier alpha value is -1.50. The molecule has 0 aliphatic heterocycles. The van der Waals surface area contributed by atoms with Crippen molar-refractivity contribution in [3.63, 3.8) is 0 Å². The van der Waals surface area contributed by atoms with Crippen LogP contribution in [0, 0.1) is 0 Å². The van der Waals surface area contributed by atoms with Gasteiger partial charge in [0.25, 0.3) is 0 Å². The Labute approximate surface area is 193 Å². The number of rotatable bonds is 10. The molecule has 0 radical (unpaired) electrons. The van der Waals surface area contributed by atoms with Gasteiger partial charge in [0.2, 0.25) is 0 Å². The van der Waals surface area contributed by atoms with Gasteiger partial charge in [-0.05, 0) is 30.3 Å². The lowest BCUT2D eigenvalue weighted by Gasteiger charge is -2.12. The molecule has 0 bridgehead atoms. The molecule has 2 aromatic carbocycles. The zero-order valence-electron chi connectivity index (χ0n) is 14.9. The maximum Gasteiger partial charge on any atom is 0.175 e. The molecular formula is C19H16Cl5NO4. The zero-order chi connectivity index (χ0) is 21.2. The van der Waals surface area contributed by atoms with Crippen molar-refractivity contribution in [2.45, 2.75) is 6.42 Å². The van der Waals surface area contributed by atoms with Crippen molar-refractivity contribution in [3.05, 3.63) is 62.6 Å². The van der Waals surface area contributed by atoms with Gasteiger partial charge in [0.05, 0.1) is 23.3 Å². The first kappa shape index (κ1) is 23.8. The molecule has 0 aromatic heterocycles. The van der Waals surface area contributed by atoms with Gasteiger partial charge < -0.3 is 19.4 Å². The summed E-state index contributed by atoms with van der Waals surface area (Å²) >= 11 is 29.2. The molecule has 0 aliphatic carbocycles. The van der Waals surface area contributed by atoms with E-state index in [4.69, 9.17) is 77.4 Å². The summed E-state index contributed by atoms with van der Waals surface area (Å²) in [6.07, 6.45) is 2.10. The van der Waals surface area contributed by atoms with Gasteiger partial charge in [-0.2, -0.15) is 0 Å². The molecule has 1 N–H and O–H groups in total. The number of oxime groups is 1. The van der Waals surface area contributed by atoms with E-state index in [1.165, 1.54) is 6.08 Å². The molecule has 0 saturated carbocycles. The van der Waals surface area contributed by atoms with Crippen LogP contribution in [0.15, 0.2) is 52.1 Å². The van der Waals surface area contributed by atoms with Crippen molar-refractivity contribution in [2.24, 2.45) is 5.16 Å². The van der Waals surface area contributed by atoms with Crippen LogP contribution in [-0.4, -0.2) is 30.2 Å². The van der Waals surface area contributed by atoms with Crippen LogP contribution in [0.3, 0.4) is 0 Å². The summed E-state index contributed by atoms with van der Waals surface area (Å²) in [6.45, 7) is 0.959. The van der Waals surface area contributed by atoms with E-state index in [0.29, 0.717) is 52.5 Å². The molecule has 29 heavy (non-hydrogen) atoms. The Morgan fingerprint density at radius 3 is 2.10 bits per heavy atom. The average molecular weight is 500 g/mol. The number of halogens is 5. The summed E-state index contributed by atoms with van der Waals surface area (Å²) in [5.41, 5.74) is 0.586. The number of nitrogens with zero attached hydrogens (tertiary/aromatic N) is 1. The maximum absolute atomic E-state index is 8.64. The molecule has 0 unspecified atom stereocenters. The summed E-state index contributed by atoms with van der Waals surface area (Å²) in [5, 5.41) is 12.2. The standard InChI is InChI=1S/C19H16Cl5NO4/c20-15-10-14(28-9-6-17(22)23)11-16(21)18(15)29-8-1-7-27-13-4-2-12(3-5-13)19(24)25-26/h2-6,10-11,26H,1,7-9H2/b25-19-. The van der Waals surface area contributed by atoms with Crippen molar-refractivity contribution in [3.8, 4) is 17.2 Å². The predicted octanol–water partition coefficient (Wildman–Crippen LogP) is 6.91. The Bertz CT molecular complexity index is 844. The van der Waals surface area contributed by atoms with Crippen molar-refractivity contribution in [2.75, 3.05) is 19.8 Å². The quantitative estimate of drug-likeness (QED) is 0.167. The molecule has 156 valence electrons. The Morgan fingerprint density at radius 1 is 0.897 bits per heavy atom. The Balaban J connectivity index is 1.79. The SMILES string of the molecule is O/N=C(\Cl)c1ccc(OCCCOc2c(Cl)cc(OCC=C(Cl)Cl)cc2Cl)cc1. The second-order valence-corrected chi connectivity index (χ2v) is 7.67. The average Bonchev–Trinajstić information content (AvgIpc) is 2.69. The molecule has 0 atom stereocenters. The highest BCUT2D eigenvalue weighted by Crippen LogP contribution is 2.37. The van der Waals surface area contributed by atoms with Gasteiger partial charge in [0.15, 0.2) is 10.9 Å². The van der Waals surface area contributed by atoms with E-state index < -0.39 is 0 Å². The van der Waals surface area contributed by atoms with E-state index >= 15 is 0 Å².